The molecule has 0 bridgehead atoms. The van der Waals surface area contributed by atoms with Crippen LogP contribution in [0.3, 0.4) is 0 Å². The molecule has 2 saturated heterocycles. The third kappa shape index (κ3) is 3.36. The van der Waals surface area contributed by atoms with E-state index in [-0.39, 0.29) is 19.1 Å². The summed E-state index contributed by atoms with van der Waals surface area (Å²) >= 11 is 0. The fourth-order valence-corrected chi connectivity index (χ4v) is 3.01. The van der Waals surface area contributed by atoms with Gasteiger partial charge in [0, 0.05) is 31.7 Å². The smallest absolute Gasteiger partial charge is 0.326 e. The minimum Gasteiger partial charge on any atom is -0.480 e. The molecule has 0 aliphatic carbocycles. The molecule has 0 aromatic heterocycles. The molecule has 0 aromatic rings. The predicted octanol–water partition coefficient (Wildman–Crippen LogP) is -0.642. The van der Waals surface area contributed by atoms with Crippen molar-refractivity contribution in [1.82, 2.24) is 15.5 Å². The Hall–Kier alpha value is -1.34. The van der Waals surface area contributed by atoms with Gasteiger partial charge in [-0.15, -0.1) is 0 Å². The van der Waals surface area contributed by atoms with Crippen LogP contribution >= 0.6 is 0 Å². The molecule has 0 saturated carbocycles. The van der Waals surface area contributed by atoms with Crippen LogP contribution < -0.4 is 10.6 Å². The van der Waals surface area contributed by atoms with Crippen LogP contribution in [-0.4, -0.2) is 64.9 Å². The van der Waals surface area contributed by atoms with Gasteiger partial charge in [0.05, 0.1) is 0 Å². The SMILES string of the molecule is O=C(NC1CCN2CCCC12)N[C@@H](CCO)C(=O)O. The van der Waals surface area contributed by atoms with Crippen LogP contribution in [0.4, 0.5) is 4.79 Å². The number of carbonyl (C=O) groups excluding carboxylic acids is 1. The van der Waals surface area contributed by atoms with E-state index in [2.05, 4.69) is 15.5 Å². The second-order valence-corrected chi connectivity index (χ2v) is 5.16. The van der Waals surface area contributed by atoms with Crippen LogP contribution in [0.1, 0.15) is 25.7 Å². The second-order valence-electron chi connectivity index (χ2n) is 5.16. The van der Waals surface area contributed by atoms with Crippen LogP contribution in [0.2, 0.25) is 0 Å². The van der Waals surface area contributed by atoms with E-state index < -0.39 is 18.0 Å². The highest BCUT2D eigenvalue weighted by molar-refractivity contribution is 5.82. The zero-order valence-electron chi connectivity index (χ0n) is 10.8. The molecule has 108 valence electrons. The highest BCUT2D eigenvalue weighted by Crippen LogP contribution is 2.27. The van der Waals surface area contributed by atoms with Gasteiger partial charge in [-0.1, -0.05) is 0 Å². The molecule has 0 radical (unpaired) electrons. The maximum Gasteiger partial charge on any atom is 0.326 e. The monoisotopic (exact) mass is 271 g/mol. The zero-order valence-corrected chi connectivity index (χ0v) is 10.8. The molecule has 2 heterocycles. The highest BCUT2D eigenvalue weighted by atomic mass is 16.4. The van der Waals surface area contributed by atoms with Gasteiger partial charge < -0.3 is 20.8 Å². The molecule has 0 aromatic carbocycles. The van der Waals surface area contributed by atoms with E-state index >= 15 is 0 Å². The van der Waals surface area contributed by atoms with Crippen LogP contribution in [0.15, 0.2) is 0 Å². The Morgan fingerprint density at radius 3 is 2.79 bits per heavy atom. The highest BCUT2D eigenvalue weighted by Gasteiger charge is 2.38. The summed E-state index contributed by atoms with van der Waals surface area (Å²) in [5.41, 5.74) is 0. The van der Waals surface area contributed by atoms with Gasteiger partial charge in [0.15, 0.2) is 0 Å². The molecule has 2 fully saturated rings. The fourth-order valence-electron chi connectivity index (χ4n) is 3.01. The number of rotatable bonds is 5. The lowest BCUT2D eigenvalue weighted by atomic mass is 10.1. The summed E-state index contributed by atoms with van der Waals surface area (Å²) in [6, 6.07) is -0.997. The van der Waals surface area contributed by atoms with E-state index in [0.717, 1.165) is 32.4 Å². The van der Waals surface area contributed by atoms with Crippen LogP contribution in [0.5, 0.6) is 0 Å². The van der Waals surface area contributed by atoms with Crippen molar-refractivity contribution in [2.45, 2.75) is 43.8 Å². The van der Waals surface area contributed by atoms with Crippen molar-refractivity contribution < 1.29 is 19.8 Å². The summed E-state index contributed by atoms with van der Waals surface area (Å²) in [6.07, 6.45) is 3.18. The first-order valence-electron chi connectivity index (χ1n) is 6.76. The van der Waals surface area contributed by atoms with Gasteiger partial charge in [0.1, 0.15) is 6.04 Å². The van der Waals surface area contributed by atoms with Crippen molar-refractivity contribution in [3.05, 3.63) is 0 Å². The molecule has 2 aliphatic rings. The number of nitrogens with zero attached hydrogens (tertiary/aromatic N) is 1. The first-order valence-corrected chi connectivity index (χ1v) is 6.76. The molecule has 4 N–H and O–H groups in total. The largest absolute Gasteiger partial charge is 0.480 e. The quantitative estimate of drug-likeness (QED) is 0.532. The normalized spacial score (nSPS) is 27.8. The summed E-state index contributed by atoms with van der Waals surface area (Å²) < 4.78 is 0. The summed E-state index contributed by atoms with van der Waals surface area (Å²) in [6.45, 7) is 1.82. The standard InChI is InChI=1S/C12H21N3O4/c16-7-4-9(11(17)18)14-12(19)13-8-3-6-15-5-1-2-10(8)15/h8-10,16H,1-7H2,(H,17,18)(H2,13,14,19)/t8?,9-,10?/m0/s1. The number of carboxylic acid groups (broad SMARTS) is 1. The second kappa shape index (κ2) is 6.21. The van der Waals surface area contributed by atoms with E-state index in [0.29, 0.717) is 6.04 Å². The first-order chi connectivity index (χ1) is 9.11. The number of aliphatic hydroxyl groups excluding tert-OH is 1. The lowest BCUT2D eigenvalue weighted by Crippen LogP contribution is -2.51. The van der Waals surface area contributed by atoms with Crippen molar-refractivity contribution in [2.75, 3.05) is 19.7 Å². The van der Waals surface area contributed by atoms with Gasteiger partial charge in [0.25, 0.3) is 0 Å². The van der Waals surface area contributed by atoms with Gasteiger partial charge >= 0.3 is 12.0 Å². The van der Waals surface area contributed by atoms with E-state index in [9.17, 15) is 9.59 Å². The molecular weight excluding hydrogens is 250 g/mol. The summed E-state index contributed by atoms with van der Waals surface area (Å²) in [5, 5.41) is 22.9. The minimum atomic E-state index is -1.13. The van der Waals surface area contributed by atoms with Crippen LogP contribution in [0.25, 0.3) is 0 Å². The number of nitrogens with one attached hydrogen (secondary N) is 2. The van der Waals surface area contributed by atoms with Crippen molar-refractivity contribution in [2.24, 2.45) is 0 Å². The van der Waals surface area contributed by atoms with E-state index in [1.165, 1.54) is 0 Å². The number of amides is 2. The molecule has 2 unspecified atom stereocenters. The lowest BCUT2D eigenvalue weighted by Gasteiger charge is -2.22. The average molecular weight is 271 g/mol. The van der Waals surface area contributed by atoms with Crippen molar-refractivity contribution in [1.29, 1.82) is 0 Å². The molecule has 19 heavy (non-hydrogen) atoms. The van der Waals surface area contributed by atoms with Crippen LogP contribution in [0, 0.1) is 0 Å². The molecular formula is C12H21N3O4. The maximum absolute atomic E-state index is 11.8. The van der Waals surface area contributed by atoms with Gasteiger partial charge in [-0.2, -0.15) is 0 Å². The summed E-state index contributed by atoms with van der Waals surface area (Å²) in [4.78, 5) is 25.0. The fraction of sp³-hybridized carbons (Fsp3) is 0.833. The summed E-state index contributed by atoms with van der Waals surface area (Å²) in [5.74, 6) is -1.13. The number of aliphatic carboxylic acids is 1. The van der Waals surface area contributed by atoms with Gasteiger partial charge in [-0.25, -0.2) is 9.59 Å². The van der Waals surface area contributed by atoms with E-state index in [4.69, 9.17) is 10.2 Å². The van der Waals surface area contributed by atoms with Gasteiger partial charge in [-0.3, -0.25) is 4.90 Å². The Morgan fingerprint density at radius 2 is 2.11 bits per heavy atom. The molecule has 2 amide bonds. The zero-order chi connectivity index (χ0) is 13.8. The Morgan fingerprint density at radius 1 is 1.32 bits per heavy atom. The Bertz CT molecular complexity index is 350. The number of hydrogen-bond donors (Lipinski definition) is 4. The molecule has 7 heteroatoms. The third-order valence-electron chi connectivity index (χ3n) is 3.94. The Balaban J connectivity index is 1.82. The van der Waals surface area contributed by atoms with Crippen molar-refractivity contribution >= 4 is 12.0 Å². The topological polar surface area (TPSA) is 102 Å². The van der Waals surface area contributed by atoms with Gasteiger partial charge in [0.2, 0.25) is 0 Å². The van der Waals surface area contributed by atoms with E-state index in [1.54, 1.807) is 0 Å². The number of urea groups is 1. The number of fused-ring (bicyclic) bond motifs is 1. The maximum atomic E-state index is 11.8. The summed E-state index contributed by atoms with van der Waals surface area (Å²) in [7, 11) is 0. The molecule has 2 rings (SSSR count). The number of hydrogen-bond acceptors (Lipinski definition) is 4. The number of carbonyl (C=O) groups is 2. The first kappa shape index (κ1) is 14.1. The van der Waals surface area contributed by atoms with Crippen LogP contribution in [-0.2, 0) is 4.79 Å². The molecule has 3 atom stereocenters. The Labute approximate surface area is 112 Å². The number of carboxylic acids is 1. The lowest BCUT2D eigenvalue weighted by molar-refractivity contribution is -0.139. The van der Waals surface area contributed by atoms with Gasteiger partial charge in [-0.05, 0) is 25.8 Å². The number of aliphatic hydroxyl groups is 1. The van der Waals surface area contributed by atoms with Crippen molar-refractivity contribution in [3.63, 3.8) is 0 Å². The van der Waals surface area contributed by atoms with E-state index in [1.807, 2.05) is 0 Å². The predicted molar refractivity (Wildman–Crippen MR) is 67.8 cm³/mol. The van der Waals surface area contributed by atoms with Crippen molar-refractivity contribution in [3.8, 4) is 0 Å². The third-order valence-corrected chi connectivity index (χ3v) is 3.94. The Kier molecular flexibility index (Phi) is 4.60. The minimum absolute atomic E-state index is 0.0168. The average Bonchev–Trinajstić information content (AvgIpc) is 2.93. The molecule has 2 aliphatic heterocycles. The molecule has 0 spiro atoms. The molecule has 7 nitrogen and oxygen atoms in total.